The molecule has 232 valence electrons. The lowest BCUT2D eigenvalue weighted by Crippen LogP contribution is -2.18. The monoisotopic (exact) mass is 632 g/mol. The Labute approximate surface area is 261 Å². The van der Waals surface area contributed by atoms with Crippen molar-refractivity contribution in [2.75, 3.05) is 6.61 Å². The molecule has 2 atom stereocenters. The summed E-state index contributed by atoms with van der Waals surface area (Å²) in [5.41, 5.74) is 5.77. The van der Waals surface area contributed by atoms with Gasteiger partial charge in [-0.05, 0) is 101 Å². The van der Waals surface area contributed by atoms with E-state index >= 15 is 0 Å². The van der Waals surface area contributed by atoms with E-state index < -0.39 is 25.8 Å². The van der Waals surface area contributed by atoms with Crippen LogP contribution in [0, 0.1) is 41.5 Å². The van der Waals surface area contributed by atoms with Gasteiger partial charge < -0.3 is 9.42 Å². The SMILES string of the molecule is CCOP(=O)(C(=O)c1c(C)cc(C)cc1C)c1ccccc1.CCc1ccccc1P(=O)(O)C(=O)c1c(C)cc(C)cc1C. The van der Waals surface area contributed by atoms with Crippen LogP contribution in [0.2, 0.25) is 0 Å². The summed E-state index contributed by atoms with van der Waals surface area (Å²) in [6, 6.07) is 23.2. The summed E-state index contributed by atoms with van der Waals surface area (Å²) >= 11 is 0. The second-order valence-corrected chi connectivity index (χ2v) is 15.3. The van der Waals surface area contributed by atoms with Gasteiger partial charge in [0, 0.05) is 21.7 Å². The van der Waals surface area contributed by atoms with Crippen LogP contribution in [0.25, 0.3) is 0 Å². The average Bonchev–Trinajstić information content (AvgIpc) is 2.96. The lowest BCUT2D eigenvalue weighted by atomic mass is 10.0. The molecule has 0 spiro atoms. The molecule has 0 bridgehead atoms. The maximum atomic E-state index is 13.3. The van der Waals surface area contributed by atoms with Gasteiger partial charge in [-0.25, -0.2) is 0 Å². The largest absolute Gasteiger partial charge is 0.336 e. The van der Waals surface area contributed by atoms with Crippen molar-refractivity contribution >= 4 is 36.4 Å². The van der Waals surface area contributed by atoms with E-state index in [0.29, 0.717) is 22.9 Å². The number of benzene rings is 4. The van der Waals surface area contributed by atoms with Gasteiger partial charge in [-0.2, -0.15) is 0 Å². The summed E-state index contributed by atoms with van der Waals surface area (Å²) < 4.78 is 31.7. The van der Waals surface area contributed by atoms with Crippen LogP contribution in [0.4, 0.5) is 0 Å². The highest BCUT2D eigenvalue weighted by molar-refractivity contribution is 7.83. The minimum atomic E-state index is -4.12. The molecule has 0 aliphatic rings. The van der Waals surface area contributed by atoms with E-state index in [1.807, 2.05) is 71.0 Å². The lowest BCUT2D eigenvalue weighted by Gasteiger charge is -2.19. The first-order valence-electron chi connectivity index (χ1n) is 14.7. The number of carbonyl (C=O) groups is 2. The average molecular weight is 633 g/mol. The third-order valence-corrected chi connectivity index (χ3v) is 11.7. The van der Waals surface area contributed by atoms with E-state index in [-0.39, 0.29) is 11.9 Å². The highest BCUT2D eigenvalue weighted by atomic mass is 31.2. The van der Waals surface area contributed by atoms with Crippen molar-refractivity contribution < 1.29 is 28.1 Å². The van der Waals surface area contributed by atoms with Gasteiger partial charge in [-0.15, -0.1) is 0 Å². The second kappa shape index (κ2) is 14.6. The molecule has 4 aromatic carbocycles. The molecule has 0 aliphatic heterocycles. The van der Waals surface area contributed by atoms with Crippen molar-refractivity contribution in [3.05, 3.63) is 129 Å². The van der Waals surface area contributed by atoms with Crippen molar-refractivity contribution in [3.63, 3.8) is 0 Å². The molecule has 2 unspecified atom stereocenters. The Morgan fingerprint density at radius 2 is 1.09 bits per heavy atom. The molecule has 6 nitrogen and oxygen atoms in total. The quantitative estimate of drug-likeness (QED) is 0.187. The van der Waals surface area contributed by atoms with Gasteiger partial charge in [0.2, 0.25) is 0 Å². The van der Waals surface area contributed by atoms with Gasteiger partial charge in [-0.1, -0.05) is 78.7 Å². The fourth-order valence-corrected chi connectivity index (χ4v) is 9.47. The van der Waals surface area contributed by atoms with Gasteiger partial charge in [0.1, 0.15) is 0 Å². The summed E-state index contributed by atoms with van der Waals surface area (Å²) in [5, 5.41) is 0.697. The molecule has 8 heteroatoms. The highest BCUT2D eigenvalue weighted by Crippen LogP contribution is 2.50. The van der Waals surface area contributed by atoms with E-state index in [1.54, 1.807) is 63.2 Å². The molecule has 0 amide bonds. The summed E-state index contributed by atoms with van der Waals surface area (Å²) in [5.74, 6) is 0. The zero-order chi connectivity index (χ0) is 32.8. The molecule has 0 aromatic heterocycles. The van der Waals surface area contributed by atoms with Crippen LogP contribution in [0.5, 0.6) is 0 Å². The van der Waals surface area contributed by atoms with Gasteiger partial charge in [0.25, 0.3) is 18.4 Å². The zero-order valence-corrected chi connectivity index (χ0v) is 28.6. The molecule has 4 aromatic rings. The molecule has 0 saturated heterocycles. The molecular formula is C36H42O6P2. The molecule has 0 aliphatic carbocycles. The lowest BCUT2D eigenvalue weighted by molar-refractivity contribution is 0.105. The standard InChI is InChI=1S/2C18H21O3P/c1-5-15-8-6-7-9-16(15)22(20,21)18(19)17-13(3)10-12(2)11-14(17)4;1-5-21-22(20,16-9-7-6-8-10-16)18(19)17-14(3)11-13(2)12-15(17)4/h6-11H,5H2,1-4H3,(H,20,21);6-12H,5H2,1-4H3. The number of rotatable bonds is 9. The maximum absolute atomic E-state index is 13.3. The fraction of sp³-hybridized carbons (Fsp3) is 0.278. The van der Waals surface area contributed by atoms with Crippen LogP contribution in [-0.2, 0) is 20.1 Å². The maximum Gasteiger partial charge on any atom is 0.300 e. The Morgan fingerprint density at radius 3 is 1.55 bits per heavy atom. The van der Waals surface area contributed by atoms with E-state index in [9.17, 15) is 23.6 Å². The van der Waals surface area contributed by atoms with Crippen LogP contribution in [0.1, 0.15) is 73.5 Å². The number of carbonyl (C=O) groups excluding carboxylic acids is 2. The van der Waals surface area contributed by atoms with Crippen molar-refractivity contribution in [2.45, 2.75) is 61.8 Å². The third-order valence-electron chi connectivity index (χ3n) is 7.43. The predicted octanol–water partition coefficient (Wildman–Crippen LogP) is 8.30. The minimum Gasteiger partial charge on any atom is -0.336 e. The van der Waals surface area contributed by atoms with E-state index in [2.05, 4.69) is 0 Å². The first-order valence-corrected chi connectivity index (χ1v) is 17.9. The molecule has 0 saturated carbocycles. The molecule has 4 rings (SSSR count). The van der Waals surface area contributed by atoms with Crippen LogP contribution < -0.4 is 10.6 Å². The molecule has 1 N–H and O–H groups in total. The Morgan fingerprint density at radius 1 is 0.659 bits per heavy atom. The van der Waals surface area contributed by atoms with Crippen molar-refractivity contribution in [1.82, 2.24) is 0 Å². The van der Waals surface area contributed by atoms with E-state index in [1.165, 1.54) is 0 Å². The van der Waals surface area contributed by atoms with Gasteiger partial charge in [0.15, 0.2) is 0 Å². The van der Waals surface area contributed by atoms with Crippen molar-refractivity contribution in [2.24, 2.45) is 0 Å². The summed E-state index contributed by atoms with van der Waals surface area (Å²) in [7, 11) is -7.71. The predicted molar refractivity (Wildman–Crippen MR) is 181 cm³/mol. The zero-order valence-electron chi connectivity index (χ0n) is 26.8. The summed E-state index contributed by atoms with van der Waals surface area (Å²) in [4.78, 5) is 36.3. The van der Waals surface area contributed by atoms with E-state index in [0.717, 1.165) is 38.9 Å². The number of hydrogen-bond acceptors (Lipinski definition) is 5. The molecular weight excluding hydrogens is 590 g/mol. The second-order valence-electron chi connectivity index (χ2n) is 11.0. The normalized spacial score (nSPS) is 13.7. The minimum absolute atomic E-state index is 0.224. The molecule has 44 heavy (non-hydrogen) atoms. The fourth-order valence-electron chi connectivity index (χ4n) is 5.60. The first kappa shape index (κ1) is 35.1. The van der Waals surface area contributed by atoms with Crippen LogP contribution in [0.3, 0.4) is 0 Å². The van der Waals surface area contributed by atoms with E-state index in [4.69, 9.17) is 4.52 Å². The van der Waals surface area contributed by atoms with Gasteiger partial charge >= 0.3 is 7.37 Å². The molecule has 0 fully saturated rings. The molecule has 0 radical (unpaired) electrons. The molecule has 0 heterocycles. The van der Waals surface area contributed by atoms with Crippen molar-refractivity contribution in [1.29, 1.82) is 0 Å². The number of hydrogen-bond donors (Lipinski definition) is 1. The summed E-state index contributed by atoms with van der Waals surface area (Å²) in [6.45, 7) is 15.2. The van der Waals surface area contributed by atoms with Crippen LogP contribution >= 0.6 is 14.7 Å². The smallest absolute Gasteiger partial charge is 0.300 e. The first-order chi connectivity index (χ1) is 20.7. The number of aryl methyl sites for hydroxylation is 7. The van der Waals surface area contributed by atoms with Gasteiger partial charge in [-0.3, -0.25) is 18.7 Å². The van der Waals surface area contributed by atoms with Crippen LogP contribution in [-0.4, -0.2) is 22.5 Å². The van der Waals surface area contributed by atoms with Crippen molar-refractivity contribution in [3.8, 4) is 0 Å². The highest BCUT2D eigenvalue weighted by Gasteiger charge is 2.37. The Hall–Kier alpha value is -3.40. The summed E-state index contributed by atoms with van der Waals surface area (Å²) in [6.07, 6.45) is 0.611. The Balaban J connectivity index is 0.000000240. The Bertz CT molecular complexity index is 1730. The van der Waals surface area contributed by atoms with Crippen LogP contribution in [0.15, 0.2) is 78.9 Å². The topological polar surface area (TPSA) is 97.7 Å². The Kier molecular flexibility index (Phi) is 11.6. The third kappa shape index (κ3) is 7.45. The van der Waals surface area contributed by atoms with Gasteiger partial charge in [0.05, 0.1) is 6.61 Å².